The van der Waals surface area contributed by atoms with E-state index in [1.165, 1.54) is 6.07 Å². The second-order valence-electron chi connectivity index (χ2n) is 7.60. The minimum Gasteiger partial charge on any atom is -0.381 e. The lowest BCUT2D eigenvalue weighted by atomic mass is 9.74. The summed E-state index contributed by atoms with van der Waals surface area (Å²) in [6, 6.07) is 6.90. The van der Waals surface area contributed by atoms with Crippen LogP contribution in [0.5, 0.6) is 0 Å². The number of unbranched alkanes of at least 4 members (excludes halogenated alkanes) is 1. The summed E-state index contributed by atoms with van der Waals surface area (Å²) in [5.74, 6) is 0.547. The normalized spacial score (nSPS) is 15.9. The van der Waals surface area contributed by atoms with Crippen LogP contribution in [0.2, 0.25) is 0 Å². The van der Waals surface area contributed by atoms with Crippen molar-refractivity contribution in [2.45, 2.75) is 44.9 Å². The molecule has 31 heavy (non-hydrogen) atoms. The van der Waals surface area contributed by atoms with E-state index in [2.05, 4.69) is 17.6 Å². The van der Waals surface area contributed by atoms with Crippen molar-refractivity contribution < 1.29 is 18.6 Å². The van der Waals surface area contributed by atoms with Crippen molar-refractivity contribution in [1.29, 1.82) is 0 Å². The minimum absolute atomic E-state index is 0. The van der Waals surface area contributed by atoms with Crippen LogP contribution >= 0.6 is 24.0 Å². The van der Waals surface area contributed by atoms with Gasteiger partial charge in [0.05, 0.1) is 26.4 Å². The van der Waals surface area contributed by atoms with E-state index < -0.39 is 0 Å². The van der Waals surface area contributed by atoms with Crippen molar-refractivity contribution in [2.75, 3.05) is 59.3 Å². The summed E-state index contributed by atoms with van der Waals surface area (Å²) in [5, 5.41) is 6.60. The van der Waals surface area contributed by atoms with Crippen molar-refractivity contribution in [3.63, 3.8) is 0 Å². The zero-order valence-electron chi connectivity index (χ0n) is 19.0. The third-order valence-electron chi connectivity index (χ3n) is 5.32. The van der Waals surface area contributed by atoms with E-state index >= 15 is 0 Å². The van der Waals surface area contributed by atoms with E-state index in [1.807, 2.05) is 13.0 Å². The highest BCUT2D eigenvalue weighted by Crippen LogP contribution is 2.35. The van der Waals surface area contributed by atoms with Crippen LogP contribution in [-0.2, 0) is 19.6 Å². The Labute approximate surface area is 203 Å². The second-order valence-corrected chi connectivity index (χ2v) is 7.60. The summed E-state index contributed by atoms with van der Waals surface area (Å²) in [6.45, 7) is 10.2. The molecule has 0 aliphatic carbocycles. The predicted molar refractivity (Wildman–Crippen MR) is 134 cm³/mol. The Morgan fingerprint density at radius 2 is 1.84 bits per heavy atom. The second kappa shape index (κ2) is 16.6. The van der Waals surface area contributed by atoms with Gasteiger partial charge in [-0.3, -0.25) is 4.99 Å². The first-order chi connectivity index (χ1) is 14.7. The van der Waals surface area contributed by atoms with Crippen LogP contribution in [0.3, 0.4) is 0 Å². The molecule has 0 saturated carbocycles. The molecule has 8 heteroatoms. The SMILES string of the molecule is CCCCOCCOCCNC(=NCC1(c2cccc(F)c2)CCOCC1)NCC.I. The largest absolute Gasteiger partial charge is 0.381 e. The van der Waals surface area contributed by atoms with Gasteiger partial charge >= 0.3 is 0 Å². The molecule has 0 radical (unpaired) electrons. The average molecular weight is 551 g/mol. The molecule has 2 rings (SSSR count). The Kier molecular flexibility index (Phi) is 15.1. The van der Waals surface area contributed by atoms with Gasteiger partial charge in [-0.25, -0.2) is 4.39 Å². The maximum atomic E-state index is 13.9. The van der Waals surface area contributed by atoms with Crippen molar-refractivity contribution in [1.82, 2.24) is 10.6 Å². The molecule has 1 heterocycles. The Morgan fingerprint density at radius 3 is 2.52 bits per heavy atom. The van der Waals surface area contributed by atoms with Crippen molar-refractivity contribution in [2.24, 2.45) is 4.99 Å². The maximum Gasteiger partial charge on any atom is 0.191 e. The molecule has 0 aromatic heterocycles. The Hall–Kier alpha value is -0.970. The van der Waals surface area contributed by atoms with Gasteiger partial charge in [0.15, 0.2) is 5.96 Å². The molecular formula is C23H39FIN3O3. The quantitative estimate of drug-likeness (QED) is 0.169. The van der Waals surface area contributed by atoms with Gasteiger partial charge in [0.1, 0.15) is 5.82 Å². The Balaban J connectivity index is 0.00000480. The van der Waals surface area contributed by atoms with Gasteiger partial charge in [0.25, 0.3) is 0 Å². The molecule has 1 aliphatic rings. The van der Waals surface area contributed by atoms with Crippen LogP contribution in [0.15, 0.2) is 29.3 Å². The fourth-order valence-electron chi connectivity index (χ4n) is 3.50. The molecule has 0 amide bonds. The van der Waals surface area contributed by atoms with Crippen LogP contribution in [0, 0.1) is 5.82 Å². The standard InChI is InChI=1S/C23H38FN3O3.HI/c1-3-5-12-28-16-17-30-15-11-26-22(25-4-2)27-19-23(9-13-29-14-10-23)20-7-6-8-21(24)18-20;/h6-8,18H,3-5,9-17,19H2,1-2H3,(H2,25,26,27);1H. The summed E-state index contributed by atoms with van der Waals surface area (Å²) in [4.78, 5) is 4.82. The average Bonchev–Trinajstić information content (AvgIpc) is 2.77. The molecule has 0 spiro atoms. The van der Waals surface area contributed by atoms with Crippen molar-refractivity contribution in [3.8, 4) is 0 Å². The third-order valence-corrected chi connectivity index (χ3v) is 5.32. The number of aliphatic imine (C=N–C) groups is 1. The molecular weight excluding hydrogens is 512 g/mol. The molecule has 1 aliphatic heterocycles. The summed E-state index contributed by atoms with van der Waals surface area (Å²) in [6.07, 6.45) is 3.90. The summed E-state index contributed by atoms with van der Waals surface area (Å²) in [7, 11) is 0. The number of benzene rings is 1. The van der Waals surface area contributed by atoms with E-state index in [9.17, 15) is 4.39 Å². The van der Waals surface area contributed by atoms with Crippen molar-refractivity contribution in [3.05, 3.63) is 35.6 Å². The van der Waals surface area contributed by atoms with E-state index in [0.29, 0.717) is 46.1 Å². The monoisotopic (exact) mass is 551 g/mol. The molecule has 1 saturated heterocycles. The molecule has 178 valence electrons. The lowest BCUT2D eigenvalue weighted by molar-refractivity contribution is 0.0486. The summed E-state index contributed by atoms with van der Waals surface area (Å²) < 4.78 is 30.5. The number of ether oxygens (including phenoxy) is 3. The molecule has 0 bridgehead atoms. The fourth-order valence-corrected chi connectivity index (χ4v) is 3.50. The Morgan fingerprint density at radius 1 is 1.10 bits per heavy atom. The van der Waals surface area contributed by atoms with Gasteiger partial charge in [-0.2, -0.15) is 0 Å². The molecule has 1 aromatic carbocycles. The van der Waals surface area contributed by atoms with Crippen LogP contribution < -0.4 is 10.6 Å². The number of nitrogens with one attached hydrogen (secondary N) is 2. The highest BCUT2D eigenvalue weighted by atomic mass is 127. The van der Waals surface area contributed by atoms with Crippen molar-refractivity contribution >= 4 is 29.9 Å². The van der Waals surface area contributed by atoms with Gasteiger partial charge in [0.2, 0.25) is 0 Å². The van der Waals surface area contributed by atoms with Gasteiger partial charge in [-0.1, -0.05) is 25.5 Å². The number of hydrogen-bond acceptors (Lipinski definition) is 4. The van der Waals surface area contributed by atoms with Gasteiger partial charge < -0.3 is 24.8 Å². The first kappa shape index (κ1) is 28.1. The van der Waals surface area contributed by atoms with Crippen LogP contribution in [0.1, 0.15) is 45.1 Å². The number of guanidine groups is 1. The molecule has 2 N–H and O–H groups in total. The molecule has 0 atom stereocenters. The Bertz CT molecular complexity index is 628. The predicted octanol–water partition coefficient (Wildman–Crippen LogP) is 3.88. The molecule has 1 aromatic rings. The lowest BCUT2D eigenvalue weighted by Gasteiger charge is -2.36. The van der Waals surface area contributed by atoms with E-state index in [4.69, 9.17) is 19.2 Å². The summed E-state index contributed by atoms with van der Waals surface area (Å²) in [5.41, 5.74) is 0.798. The van der Waals surface area contributed by atoms with Gasteiger partial charge in [0, 0.05) is 38.3 Å². The van der Waals surface area contributed by atoms with E-state index in [-0.39, 0.29) is 35.2 Å². The van der Waals surface area contributed by atoms with E-state index in [0.717, 1.165) is 50.4 Å². The minimum atomic E-state index is -0.205. The molecule has 1 fully saturated rings. The number of nitrogens with zero attached hydrogens (tertiary/aromatic N) is 1. The summed E-state index contributed by atoms with van der Waals surface area (Å²) >= 11 is 0. The first-order valence-electron chi connectivity index (χ1n) is 11.2. The number of rotatable bonds is 13. The van der Waals surface area contributed by atoms with Gasteiger partial charge in [-0.05, 0) is 43.9 Å². The van der Waals surface area contributed by atoms with Crippen LogP contribution in [-0.4, -0.2) is 65.2 Å². The zero-order chi connectivity index (χ0) is 21.5. The lowest BCUT2D eigenvalue weighted by Crippen LogP contribution is -2.42. The highest BCUT2D eigenvalue weighted by Gasteiger charge is 2.34. The zero-order valence-corrected chi connectivity index (χ0v) is 21.3. The van der Waals surface area contributed by atoms with E-state index in [1.54, 1.807) is 12.1 Å². The fraction of sp³-hybridized carbons (Fsp3) is 0.696. The highest BCUT2D eigenvalue weighted by molar-refractivity contribution is 14.0. The topological polar surface area (TPSA) is 64.1 Å². The van der Waals surface area contributed by atoms with Crippen LogP contribution in [0.25, 0.3) is 0 Å². The number of halogens is 2. The molecule has 0 unspecified atom stereocenters. The third kappa shape index (κ3) is 10.5. The maximum absolute atomic E-state index is 13.9. The molecule has 6 nitrogen and oxygen atoms in total. The number of hydrogen-bond donors (Lipinski definition) is 2. The first-order valence-corrected chi connectivity index (χ1v) is 11.2. The van der Waals surface area contributed by atoms with Gasteiger partial charge in [-0.15, -0.1) is 24.0 Å². The van der Waals surface area contributed by atoms with Crippen LogP contribution in [0.4, 0.5) is 4.39 Å². The smallest absolute Gasteiger partial charge is 0.191 e.